The van der Waals surface area contributed by atoms with E-state index < -0.39 is 0 Å². The van der Waals surface area contributed by atoms with Gasteiger partial charge in [0.15, 0.2) is 0 Å². The van der Waals surface area contributed by atoms with E-state index in [0.29, 0.717) is 0 Å². The molecular weight excluding hydrogens is 220 g/mol. The SMILES string of the molecule is CC(C)(C)c1ccc(C(N)c2ccccn2)cc1. The van der Waals surface area contributed by atoms with E-state index in [2.05, 4.69) is 50.0 Å². The second-order valence-electron chi connectivity index (χ2n) is 5.60. The maximum absolute atomic E-state index is 6.21. The zero-order valence-electron chi connectivity index (χ0n) is 11.2. The second-order valence-corrected chi connectivity index (χ2v) is 5.60. The average molecular weight is 240 g/mol. The predicted molar refractivity (Wildman–Crippen MR) is 75.4 cm³/mol. The molecule has 2 rings (SSSR count). The molecule has 1 unspecified atom stereocenters. The quantitative estimate of drug-likeness (QED) is 0.873. The van der Waals surface area contributed by atoms with Crippen LogP contribution >= 0.6 is 0 Å². The van der Waals surface area contributed by atoms with E-state index in [9.17, 15) is 0 Å². The normalized spacial score (nSPS) is 13.3. The fraction of sp³-hybridized carbons (Fsp3) is 0.312. The maximum Gasteiger partial charge on any atom is 0.0726 e. The van der Waals surface area contributed by atoms with Crippen LogP contribution < -0.4 is 5.73 Å². The third-order valence-corrected chi connectivity index (χ3v) is 3.14. The fourth-order valence-electron chi connectivity index (χ4n) is 1.92. The van der Waals surface area contributed by atoms with Gasteiger partial charge in [-0.15, -0.1) is 0 Å². The van der Waals surface area contributed by atoms with Crippen LogP contribution in [-0.2, 0) is 5.41 Å². The van der Waals surface area contributed by atoms with Gasteiger partial charge >= 0.3 is 0 Å². The fourth-order valence-corrected chi connectivity index (χ4v) is 1.92. The number of hydrogen-bond donors (Lipinski definition) is 1. The van der Waals surface area contributed by atoms with Crippen molar-refractivity contribution < 1.29 is 0 Å². The van der Waals surface area contributed by atoms with Crippen LogP contribution in [0.25, 0.3) is 0 Å². The lowest BCUT2D eigenvalue weighted by atomic mass is 9.86. The number of nitrogens with two attached hydrogens (primary N) is 1. The van der Waals surface area contributed by atoms with Crippen molar-refractivity contribution in [3.8, 4) is 0 Å². The van der Waals surface area contributed by atoms with Crippen LogP contribution in [0, 0.1) is 0 Å². The Kier molecular flexibility index (Phi) is 3.48. The summed E-state index contributed by atoms with van der Waals surface area (Å²) in [6.45, 7) is 6.63. The van der Waals surface area contributed by atoms with Crippen molar-refractivity contribution in [2.45, 2.75) is 32.2 Å². The predicted octanol–water partition coefficient (Wildman–Crippen LogP) is 3.43. The minimum Gasteiger partial charge on any atom is -0.319 e. The average Bonchev–Trinajstić information content (AvgIpc) is 2.38. The Morgan fingerprint density at radius 1 is 1.00 bits per heavy atom. The molecule has 0 aliphatic rings. The van der Waals surface area contributed by atoms with Crippen molar-refractivity contribution >= 4 is 0 Å². The van der Waals surface area contributed by atoms with E-state index in [1.807, 2.05) is 18.2 Å². The number of benzene rings is 1. The van der Waals surface area contributed by atoms with Gasteiger partial charge < -0.3 is 5.73 Å². The van der Waals surface area contributed by atoms with Gasteiger partial charge in [-0.1, -0.05) is 51.1 Å². The number of aromatic nitrogens is 1. The maximum atomic E-state index is 6.21. The molecule has 0 fully saturated rings. The molecule has 2 aromatic rings. The van der Waals surface area contributed by atoms with Crippen LogP contribution in [0.3, 0.4) is 0 Å². The summed E-state index contributed by atoms with van der Waals surface area (Å²) in [6.07, 6.45) is 1.78. The molecule has 1 aromatic heterocycles. The van der Waals surface area contributed by atoms with Crippen LogP contribution in [0.4, 0.5) is 0 Å². The zero-order valence-corrected chi connectivity index (χ0v) is 11.2. The number of hydrogen-bond acceptors (Lipinski definition) is 2. The zero-order chi connectivity index (χ0) is 13.2. The van der Waals surface area contributed by atoms with Crippen molar-refractivity contribution in [3.05, 3.63) is 65.5 Å². The van der Waals surface area contributed by atoms with Crippen molar-refractivity contribution in [1.29, 1.82) is 0 Å². The molecule has 94 valence electrons. The Bertz CT molecular complexity index is 495. The first-order valence-corrected chi connectivity index (χ1v) is 6.25. The van der Waals surface area contributed by atoms with Gasteiger partial charge in [-0.2, -0.15) is 0 Å². The minimum absolute atomic E-state index is 0.153. The Morgan fingerprint density at radius 3 is 2.17 bits per heavy atom. The monoisotopic (exact) mass is 240 g/mol. The van der Waals surface area contributed by atoms with Crippen molar-refractivity contribution in [2.24, 2.45) is 5.73 Å². The molecule has 0 aliphatic heterocycles. The molecule has 0 saturated heterocycles. The summed E-state index contributed by atoms with van der Waals surface area (Å²) in [5, 5.41) is 0. The van der Waals surface area contributed by atoms with Crippen LogP contribution in [0.5, 0.6) is 0 Å². The highest BCUT2D eigenvalue weighted by molar-refractivity contribution is 5.32. The van der Waals surface area contributed by atoms with Gasteiger partial charge in [-0.3, -0.25) is 4.98 Å². The van der Waals surface area contributed by atoms with Crippen LogP contribution in [0.15, 0.2) is 48.7 Å². The molecule has 1 aromatic carbocycles. The number of nitrogens with zero attached hydrogens (tertiary/aromatic N) is 1. The van der Waals surface area contributed by atoms with E-state index in [-0.39, 0.29) is 11.5 Å². The highest BCUT2D eigenvalue weighted by atomic mass is 14.8. The van der Waals surface area contributed by atoms with Gasteiger partial charge in [0.25, 0.3) is 0 Å². The minimum atomic E-state index is -0.153. The lowest BCUT2D eigenvalue weighted by Gasteiger charge is -2.20. The Hall–Kier alpha value is -1.67. The van der Waals surface area contributed by atoms with Gasteiger partial charge in [-0.25, -0.2) is 0 Å². The molecule has 0 spiro atoms. The lowest BCUT2D eigenvalue weighted by molar-refractivity contribution is 0.589. The van der Waals surface area contributed by atoms with Crippen LogP contribution in [-0.4, -0.2) is 4.98 Å². The lowest BCUT2D eigenvalue weighted by Crippen LogP contribution is -2.15. The number of pyridine rings is 1. The Balaban J connectivity index is 2.25. The topological polar surface area (TPSA) is 38.9 Å². The molecule has 2 heteroatoms. The molecule has 1 atom stereocenters. The largest absolute Gasteiger partial charge is 0.319 e. The van der Waals surface area contributed by atoms with Gasteiger partial charge in [0, 0.05) is 6.20 Å². The molecule has 18 heavy (non-hydrogen) atoms. The van der Waals surface area contributed by atoms with Gasteiger partial charge in [-0.05, 0) is 28.7 Å². The summed E-state index contributed by atoms with van der Waals surface area (Å²) in [4.78, 5) is 4.30. The van der Waals surface area contributed by atoms with Gasteiger partial charge in [0.05, 0.1) is 11.7 Å². The number of rotatable bonds is 2. The van der Waals surface area contributed by atoms with Crippen LogP contribution in [0.2, 0.25) is 0 Å². The van der Waals surface area contributed by atoms with E-state index in [4.69, 9.17) is 5.73 Å². The van der Waals surface area contributed by atoms with E-state index in [0.717, 1.165) is 11.3 Å². The molecule has 0 amide bonds. The first kappa shape index (κ1) is 12.8. The summed E-state index contributed by atoms with van der Waals surface area (Å²) < 4.78 is 0. The molecule has 0 saturated carbocycles. The molecule has 2 N–H and O–H groups in total. The van der Waals surface area contributed by atoms with E-state index >= 15 is 0 Å². The molecular formula is C16H20N2. The molecule has 1 heterocycles. The highest BCUT2D eigenvalue weighted by Gasteiger charge is 2.15. The summed E-state index contributed by atoms with van der Waals surface area (Å²) in [5.41, 5.74) is 9.71. The van der Waals surface area contributed by atoms with Gasteiger partial charge in [0.2, 0.25) is 0 Å². The summed E-state index contributed by atoms with van der Waals surface area (Å²) >= 11 is 0. The third kappa shape index (κ3) is 2.77. The van der Waals surface area contributed by atoms with Gasteiger partial charge in [0.1, 0.15) is 0 Å². The first-order chi connectivity index (χ1) is 8.48. The van der Waals surface area contributed by atoms with E-state index in [1.54, 1.807) is 6.20 Å². The van der Waals surface area contributed by atoms with Crippen molar-refractivity contribution in [2.75, 3.05) is 0 Å². The van der Waals surface area contributed by atoms with Crippen molar-refractivity contribution in [3.63, 3.8) is 0 Å². The standard InChI is InChI=1S/C16H20N2/c1-16(2,3)13-9-7-12(8-10-13)15(17)14-6-4-5-11-18-14/h4-11,15H,17H2,1-3H3. The van der Waals surface area contributed by atoms with E-state index in [1.165, 1.54) is 5.56 Å². The van der Waals surface area contributed by atoms with Crippen LogP contribution in [0.1, 0.15) is 43.6 Å². The third-order valence-electron chi connectivity index (χ3n) is 3.14. The molecule has 0 bridgehead atoms. The van der Waals surface area contributed by atoms with Crippen molar-refractivity contribution in [1.82, 2.24) is 4.98 Å². The summed E-state index contributed by atoms with van der Waals surface area (Å²) in [5.74, 6) is 0. The molecule has 2 nitrogen and oxygen atoms in total. The second kappa shape index (κ2) is 4.91. The molecule has 0 aliphatic carbocycles. The first-order valence-electron chi connectivity index (χ1n) is 6.25. The Morgan fingerprint density at radius 2 is 1.67 bits per heavy atom. The molecule has 0 radical (unpaired) electrons. The summed E-state index contributed by atoms with van der Waals surface area (Å²) in [6, 6.07) is 14.2. The summed E-state index contributed by atoms with van der Waals surface area (Å²) in [7, 11) is 0. The smallest absolute Gasteiger partial charge is 0.0726 e. The highest BCUT2D eigenvalue weighted by Crippen LogP contribution is 2.24. The Labute approximate surface area is 109 Å².